The molecule has 2 heterocycles. The lowest BCUT2D eigenvalue weighted by Gasteiger charge is -2.29. The molecule has 3 rings (SSSR count). The molecule has 154 valence electrons. The molecule has 1 unspecified atom stereocenters. The normalized spacial score (nSPS) is 16.1. The molecule has 1 aromatic carbocycles. The van der Waals surface area contributed by atoms with E-state index in [4.69, 9.17) is 14.2 Å². The molecule has 0 saturated heterocycles. The molecule has 1 aromatic heterocycles. The zero-order valence-corrected chi connectivity index (χ0v) is 17.3. The Morgan fingerprint density at radius 3 is 2.62 bits per heavy atom. The number of benzene rings is 1. The summed E-state index contributed by atoms with van der Waals surface area (Å²) < 4.78 is 17.5. The molecule has 1 aliphatic rings. The van der Waals surface area contributed by atoms with Gasteiger partial charge < -0.3 is 29.4 Å². The van der Waals surface area contributed by atoms with Gasteiger partial charge in [-0.15, -0.1) is 0 Å². The lowest BCUT2D eigenvalue weighted by Crippen LogP contribution is -2.46. The maximum Gasteiger partial charge on any atom is 0.338 e. The number of hydrogen-bond donors (Lipinski definition) is 2. The van der Waals surface area contributed by atoms with E-state index in [2.05, 4.69) is 15.6 Å². The molecule has 29 heavy (non-hydrogen) atoms. The summed E-state index contributed by atoms with van der Waals surface area (Å²) in [6.45, 7) is 0. The fourth-order valence-electron chi connectivity index (χ4n) is 2.99. The third-order valence-electron chi connectivity index (χ3n) is 4.42. The third-order valence-corrected chi connectivity index (χ3v) is 5.51. The van der Waals surface area contributed by atoms with Crippen molar-refractivity contribution in [2.24, 2.45) is 7.05 Å². The van der Waals surface area contributed by atoms with Crippen LogP contribution in [0, 0.1) is 0 Å². The fourth-order valence-corrected chi connectivity index (χ4v) is 3.89. The number of urea groups is 1. The van der Waals surface area contributed by atoms with Crippen LogP contribution in [0.15, 0.2) is 47.0 Å². The lowest BCUT2D eigenvalue weighted by atomic mass is 9.95. The third kappa shape index (κ3) is 4.32. The van der Waals surface area contributed by atoms with Crippen molar-refractivity contribution < 1.29 is 23.8 Å². The molecule has 2 amide bonds. The number of rotatable bonds is 7. The number of hydrogen-bond acceptors (Lipinski definition) is 7. The Labute approximate surface area is 172 Å². The standard InChI is InChI=1S/C19H22N4O5S/c1-23-8-7-20-19(23)29-10-12-15(17(24)28-4)16(22-18(25)21-12)11-5-6-13(26-2)14(9-11)27-3/h5-9,16H,10H2,1-4H3,(H2,21,22,25). The minimum absolute atomic E-state index is 0.320. The highest BCUT2D eigenvalue weighted by Crippen LogP contribution is 2.35. The van der Waals surface area contributed by atoms with Crippen molar-refractivity contribution in [3.05, 3.63) is 47.4 Å². The summed E-state index contributed by atoms with van der Waals surface area (Å²) in [6.07, 6.45) is 3.51. The van der Waals surface area contributed by atoms with Gasteiger partial charge in [-0.05, 0) is 17.7 Å². The van der Waals surface area contributed by atoms with Gasteiger partial charge in [-0.2, -0.15) is 0 Å². The quantitative estimate of drug-likeness (QED) is 0.524. The molecule has 2 N–H and O–H groups in total. The maximum atomic E-state index is 12.6. The van der Waals surface area contributed by atoms with E-state index in [0.29, 0.717) is 34.1 Å². The van der Waals surface area contributed by atoms with Crippen LogP contribution >= 0.6 is 11.8 Å². The van der Waals surface area contributed by atoms with Crippen molar-refractivity contribution in [3.8, 4) is 11.5 Å². The van der Waals surface area contributed by atoms with Crippen LogP contribution in [0.25, 0.3) is 0 Å². The first-order valence-electron chi connectivity index (χ1n) is 8.69. The molecule has 1 aliphatic heterocycles. The summed E-state index contributed by atoms with van der Waals surface area (Å²) in [5.41, 5.74) is 1.45. The first-order valence-corrected chi connectivity index (χ1v) is 9.68. The first kappa shape index (κ1) is 20.6. The van der Waals surface area contributed by atoms with Crippen molar-refractivity contribution in [2.75, 3.05) is 27.1 Å². The smallest absolute Gasteiger partial charge is 0.338 e. The number of ether oxygens (including phenoxy) is 3. The second-order valence-electron chi connectivity index (χ2n) is 6.14. The van der Waals surface area contributed by atoms with E-state index in [1.54, 1.807) is 24.4 Å². The molecule has 0 bridgehead atoms. The molecular weight excluding hydrogens is 396 g/mol. The topological polar surface area (TPSA) is 104 Å². The highest BCUT2D eigenvalue weighted by Gasteiger charge is 2.34. The number of aromatic nitrogens is 2. The van der Waals surface area contributed by atoms with Crippen LogP contribution in [0.2, 0.25) is 0 Å². The summed E-state index contributed by atoms with van der Waals surface area (Å²) in [7, 11) is 6.24. The summed E-state index contributed by atoms with van der Waals surface area (Å²) in [4.78, 5) is 29.2. The maximum absolute atomic E-state index is 12.6. The van der Waals surface area contributed by atoms with E-state index in [-0.39, 0.29) is 0 Å². The molecular formula is C19H22N4O5S. The number of nitrogens with one attached hydrogen (secondary N) is 2. The lowest BCUT2D eigenvalue weighted by molar-refractivity contribution is -0.136. The molecule has 0 saturated carbocycles. The Morgan fingerprint density at radius 1 is 1.24 bits per heavy atom. The molecule has 0 fully saturated rings. The molecule has 10 heteroatoms. The van der Waals surface area contributed by atoms with E-state index in [1.807, 2.05) is 17.8 Å². The van der Waals surface area contributed by atoms with Crippen LogP contribution in [-0.2, 0) is 16.6 Å². The van der Waals surface area contributed by atoms with E-state index in [1.165, 1.54) is 33.1 Å². The van der Waals surface area contributed by atoms with Crippen molar-refractivity contribution >= 4 is 23.8 Å². The van der Waals surface area contributed by atoms with Gasteiger partial charge >= 0.3 is 12.0 Å². The van der Waals surface area contributed by atoms with Gasteiger partial charge in [0.25, 0.3) is 0 Å². The number of aryl methyl sites for hydroxylation is 1. The number of methoxy groups -OCH3 is 3. The molecule has 0 radical (unpaired) electrons. The Hall–Kier alpha value is -3.14. The van der Waals surface area contributed by atoms with E-state index in [9.17, 15) is 9.59 Å². The number of imidazole rings is 1. The zero-order chi connectivity index (χ0) is 21.0. The van der Waals surface area contributed by atoms with Gasteiger partial charge in [0.05, 0.1) is 32.9 Å². The number of esters is 1. The Morgan fingerprint density at radius 2 is 2.00 bits per heavy atom. The minimum Gasteiger partial charge on any atom is -0.493 e. The van der Waals surface area contributed by atoms with Gasteiger partial charge in [-0.25, -0.2) is 14.6 Å². The summed E-state index contributed by atoms with van der Waals surface area (Å²) in [6, 6.07) is 4.10. The zero-order valence-electron chi connectivity index (χ0n) is 16.5. The Bertz CT molecular complexity index is 956. The van der Waals surface area contributed by atoms with Crippen molar-refractivity contribution in [1.82, 2.24) is 20.2 Å². The second kappa shape index (κ2) is 8.91. The average Bonchev–Trinajstić information content (AvgIpc) is 3.15. The number of thioether (sulfide) groups is 1. The van der Waals surface area contributed by atoms with Crippen molar-refractivity contribution in [3.63, 3.8) is 0 Å². The predicted octanol–water partition coefficient (Wildman–Crippen LogP) is 2.01. The minimum atomic E-state index is -0.701. The highest BCUT2D eigenvalue weighted by atomic mass is 32.2. The second-order valence-corrected chi connectivity index (χ2v) is 7.08. The van der Waals surface area contributed by atoms with Crippen molar-refractivity contribution in [1.29, 1.82) is 0 Å². The van der Waals surface area contributed by atoms with Gasteiger partial charge in [0.2, 0.25) is 0 Å². The number of nitrogens with zero attached hydrogens (tertiary/aromatic N) is 2. The van der Waals surface area contributed by atoms with Crippen LogP contribution in [0.1, 0.15) is 11.6 Å². The average molecular weight is 418 g/mol. The Balaban J connectivity index is 2.01. The van der Waals surface area contributed by atoms with Gasteiger partial charge in [0, 0.05) is 30.9 Å². The van der Waals surface area contributed by atoms with Crippen LogP contribution < -0.4 is 20.1 Å². The van der Waals surface area contributed by atoms with Crippen LogP contribution in [0.4, 0.5) is 4.79 Å². The van der Waals surface area contributed by atoms with Gasteiger partial charge in [0.15, 0.2) is 16.7 Å². The van der Waals surface area contributed by atoms with Crippen LogP contribution in [0.3, 0.4) is 0 Å². The van der Waals surface area contributed by atoms with Crippen molar-refractivity contribution in [2.45, 2.75) is 11.2 Å². The van der Waals surface area contributed by atoms with Gasteiger partial charge in [-0.3, -0.25) is 0 Å². The van der Waals surface area contributed by atoms with Crippen LogP contribution in [0.5, 0.6) is 11.5 Å². The molecule has 1 atom stereocenters. The van der Waals surface area contributed by atoms with Gasteiger partial charge in [-0.1, -0.05) is 17.8 Å². The molecule has 0 aliphatic carbocycles. The van der Waals surface area contributed by atoms with Crippen LogP contribution in [-0.4, -0.2) is 48.6 Å². The number of carbonyl (C=O) groups excluding carboxylic acids is 2. The predicted molar refractivity (Wildman–Crippen MR) is 107 cm³/mol. The number of amides is 2. The summed E-state index contributed by atoms with van der Waals surface area (Å²) in [5, 5.41) is 6.28. The van der Waals surface area contributed by atoms with E-state index in [0.717, 1.165) is 5.16 Å². The Kier molecular flexibility index (Phi) is 6.32. The molecule has 9 nitrogen and oxygen atoms in total. The fraction of sp³-hybridized carbons (Fsp3) is 0.316. The highest BCUT2D eigenvalue weighted by molar-refractivity contribution is 7.99. The van der Waals surface area contributed by atoms with E-state index < -0.39 is 18.0 Å². The SMILES string of the molecule is COC(=O)C1=C(CSc2nccn2C)NC(=O)NC1c1ccc(OC)c(OC)c1. The van der Waals surface area contributed by atoms with Gasteiger partial charge in [0.1, 0.15) is 0 Å². The monoisotopic (exact) mass is 418 g/mol. The first-order chi connectivity index (χ1) is 14.0. The summed E-state index contributed by atoms with van der Waals surface area (Å²) in [5.74, 6) is 0.844. The number of carbonyl (C=O) groups is 2. The molecule has 0 spiro atoms. The van der Waals surface area contributed by atoms with E-state index >= 15 is 0 Å². The largest absolute Gasteiger partial charge is 0.493 e. The summed E-state index contributed by atoms with van der Waals surface area (Å²) >= 11 is 1.40. The molecule has 2 aromatic rings.